The van der Waals surface area contributed by atoms with Gasteiger partial charge in [0.05, 0.1) is 0 Å². The molecule has 1 aromatic carbocycles. The van der Waals surface area contributed by atoms with Crippen LogP contribution in [0.2, 0.25) is 0 Å². The zero-order valence-corrected chi connectivity index (χ0v) is 14.9. The molecule has 25 heavy (non-hydrogen) atoms. The van der Waals surface area contributed by atoms with E-state index in [0.717, 1.165) is 37.9 Å². The zero-order valence-electron chi connectivity index (χ0n) is 14.9. The second-order valence-electron chi connectivity index (χ2n) is 7.93. The smallest absolute Gasteiger partial charge is 0.242 e. The lowest BCUT2D eigenvalue weighted by molar-refractivity contribution is -0.136. The van der Waals surface area contributed by atoms with E-state index in [1.54, 1.807) is 0 Å². The van der Waals surface area contributed by atoms with Gasteiger partial charge in [-0.1, -0.05) is 43.9 Å². The molecule has 1 heterocycles. The molecule has 2 saturated carbocycles. The van der Waals surface area contributed by atoms with Crippen LogP contribution in [0.3, 0.4) is 0 Å². The number of anilines is 1. The third kappa shape index (κ3) is 3.19. The van der Waals surface area contributed by atoms with E-state index < -0.39 is 5.41 Å². The van der Waals surface area contributed by atoms with Crippen molar-refractivity contribution in [2.45, 2.75) is 70.3 Å². The maximum Gasteiger partial charge on any atom is 0.242 e. The Morgan fingerprint density at radius 3 is 2.44 bits per heavy atom. The Hall–Kier alpha value is -1.84. The number of nitrogens with zero attached hydrogens (tertiary/aromatic N) is 1. The summed E-state index contributed by atoms with van der Waals surface area (Å²) in [5.74, 6) is -0.00164. The first-order chi connectivity index (χ1) is 12.2. The highest BCUT2D eigenvalue weighted by Gasteiger charge is 2.58. The first kappa shape index (κ1) is 16.6. The molecule has 0 bridgehead atoms. The van der Waals surface area contributed by atoms with Crippen molar-refractivity contribution in [3.05, 3.63) is 29.8 Å². The van der Waals surface area contributed by atoms with Crippen LogP contribution in [0.1, 0.15) is 63.4 Å². The predicted molar refractivity (Wildman–Crippen MR) is 98.4 cm³/mol. The second kappa shape index (κ2) is 6.81. The number of carbonyl (C=O) groups excluding carboxylic acids is 2. The van der Waals surface area contributed by atoms with Crippen molar-refractivity contribution in [1.29, 1.82) is 0 Å². The van der Waals surface area contributed by atoms with Crippen molar-refractivity contribution in [2.24, 2.45) is 5.41 Å². The average Bonchev–Trinajstić information content (AvgIpc) is 3.46. The van der Waals surface area contributed by atoms with Crippen LogP contribution in [0.15, 0.2) is 24.3 Å². The Kier molecular flexibility index (Phi) is 4.53. The molecule has 0 spiro atoms. The van der Waals surface area contributed by atoms with Crippen molar-refractivity contribution < 1.29 is 9.59 Å². The maximum absolute atomic E-state index is 13.3. The summed E-state index contributed by atoms with van der Waals surface area (Å²) in [6.07, 6.45) is 10.4. The number of nitrogens with one attached hydrogen (secondary N) is 1. The van der Waals surface area contributed by atoms with Gasteiger partial charge in [-0.25, -0.2) is 0 Å². The van der Waals surface area contributed by atoms with Gasteiger partial charge in [0.15, 0.2) is 0 Å². The Balaban J connectivity index is 1.49. The lowest BCUT2D eigenvalue weighted by atomic mass is 9.97. The highest BCUT2D eigenvalue weighted by atomic mass is 16.2. The Morgan fingerprint density at radius 1 is 1.00 bits per heavy atom. The normalized spacial score (nSPS) is 22.6. The van der Waals surface area contributed by atoms with Crippen molar-refractivity contribution in [3.63, 3.8) is 0 Å². The van der Waals surface area contributed by atoms with E-state index in [0.29, 0.717) is 12.8 Å². The van der Waals surface area contributed by atoms with Crippen LogP contribution in [0.4, 0.5) is 5.69 Å². The van der Waals surface area contributed by atoms with E-state index in [1.165, 1.54) is 31.2 Å². The highest BCUT2D eigenvalue weighted by Crippen LogP contribution is 2.49. The second-order valence-corrected chi connectivity index (χ2v) is 7.93. The van der Waals surface area contributed by atoms with E-state index >= 15 is 0 Å². The molecule has 4 rings (SSSR count). The molecule has 4 heteroatoms. The van der Waals surface area contributed by atoms with Crippen molar-refractivity contribution in [3.8, 4) is 0 Å². The molecular formula is C21H28N2O2. The molecule has 2 fully saturated rings. The fourth-order valence-electron chi connectivity index (χ4n) is 4.41. The van der Waals surface area contributed by atoms with Gasteiger partial charge in [0.2, 0.25) is 11.8 Å². The van der Waals surface area contributed by atoms with E-state index in [4.69, 9.17) is 0 Å². The van der Waals surface area contributed by atoms with Gasteiger partial charge in [0.1, 0.15) is 5.41 Å². The third-order valence-electron chi connectivity index (χ3n) is 6.14. The monoisotopic (exact) mass is 340 g/mol. The summed E-state index contributed by atoms with van der Waals surface area (Å²) in [7, 11) is 0. The van der Waals surface area contributed by atoms with Gasteiger partial charge in [-0.3, -0.25) is 9.59 Å². The largest absolute Gasteiger partial charge is 0.352 e. The van der Waals surface area contributed by atoms with Crippen molar-refractivity contribution >= 4 is 17.5 Å². The highest BCUT2D eigenvalue weighted by molar-refractivity contribution is 6.14. The molecule has 4 nitrogen and oxygen atoms in total. The average molecular weight is 340 g/mol. The van der Waals surface area contributed by atoms with Gasteiger partial charge < -0.3 is 10.2 Å². The molecule has 0 unspecified atom stereocenters. The summed E-state index contributed by atoms with van der Waals surface area (Å²) >= 11 is 0. The molecule has 2 amide bonds. The van der Waals surface area contributed by atoms with Gasteiger partial charge in [-0.2, -0.15) is 0 Å². The predicted octanol–water partition coefficient (Wildman–Crippen LogP) is 3.59. The van der Waals surface area contributed by atoms with Crippen LogP contribution in [-0.2, 0) is 16.0 Å². The van der Waals surface area contributed by atoms with Crippen LogP contribution in [0.25, 0.3) is 0 Å². The molecule has 2 aliphatic carbocycles. The molecular weight excluding hydrogens is 312 g/mol. The summed E-state index contributed by atoms with van der Waals surface area (Å²) in [6.45, 7) is 0.730. The van der Waals surface area contributed by atoms with Gasteiger partial charge in [0, 0.05) is 18.3 Å². The molecule has 1 aromatic rings. The molecule has 0 radical (unpaired) electrons. The summed E-state index contributed by atoms with van der Waals surface area (Å²) in [4.78, 5) is 28.1. The summed E-state index contributed by atoms with van der Waals surface area (Å²) < 4.78 is 0. The topological polar surface area (TPSA) is 49.4 Å². The van der Waals surface area contributed by atoms with E-state index in [1.807, 2.05) is 23.1 Å². The van der Waals surface area contributed by atoms with E-state index in [-0.39, 0.29) is 17.9 Å². The maximum atomic E-state index is 13.3. The molecule has 0 saturated heterocycles. The molecule has 1 N–H and O–H groups in total. The van der Waals surface area contributed by atoms with Gasteiger partial charge in [0.25, 0.3) is 0 Å². The minimum absolute atomic E-state index is 0.0192. The number of rotatable bonds is 3. The first-order valence-electron chi connectivity index (χ1n) is 9.91. The number of amides is 2. The number of hydrogen-bond acceptors (Lipinski definition) is 2. The zero-order chi connectivity index (χ0) is 17.3. The summed E-state index contributed by atoms with van der Waals surface area (Å²) in [5, 5.41) is 3.22. The third-order valence-corrected chi connectivity index (χ3v) is 6.14. The number of para-hydroxylation sites is 1. The van der Waals surface area contributed by atoms with Crippen LogP contribution in [-0.4, -0.2) is 24.4 Å². The van der Waals surface area contributed by atoms with E-state index in [9.17, 15) is 9.59 Å². The van der Waals surface area contributed by atoms with Crippen LogP contribution >= 0.6 is 0 Å². The molecule has 3 aliphatic rings. The van der Waals surface area contributed by atoms with Crippen molar-refractivity contribution in [1.82, 2.24) is 5.32 Å². The fraction of sp³-hybridized carbons (Fsp3) is 0.619. The van der Waals surface area contributed by atoms with Gasteiger partial charge in [-0.15, -0.1) is 0 Å². The summed E-state index contributed by atoms with van der Waals surface area (Å²) in [5.41, 5.74) is 1.44. The summed E-state index contributed by atoms with van der Waals surface area (Å²) in [6, 6.07) is 8.38. The van der Waals surface area contributed by atoms with Crippen LogP contribution < -0.4 is 10.2 Å². The lowest BCUT2D eigenvalue weighted by Crippen LogP contribution is -2.49. The lowest BCUT2D eigenvalue weighted by Gasteiger charge is -2.32. The van der Waals surface area contributed by atoms with Crippen LogP contribution in [0, 0.1) is 5.41 Å². The first-order valence-corrected chi connectivity index (χ1v) is 9.91. The van der Waals surface area contributed by atoms with Crippen LogP contribution in [0.5, 0.6) is 0 Å². The Morgan fingerprint density at radius 2 is 1.72 bits per heavy atom. The number of hydrogen-bond donors (Lipinski definition) is 1. The standard InChI is InChI=1S/C21H28N2O2/c24-19(22-17-10-3-1-2-4-11-17)21(13-14-21)20(25)23-15-7-9-16-8-5-6-12-18(16)23/h5-6,8,12,17H,1-4,7,9-11,13-15H2,(H,22,24). The minimum Gasteiger partial charge on any atom is -0.352 e. The molecule has 134 valence electrons. The van der Waals surface area contributed by atoms with E-state index in [2.05, 4.69) is 11.4 Å². The minimum atomic E-state index is -0.795. The molecule has 1 aliphatic heterocycles. The van der Waals surface area contributed by atoms with Gasteiger partial charge in [-0.05, 0) is 50.2 Å². The quantitative estimate of drug-likeness (QED) is 0.675. The Bertz CT molecular complexity index is 658. The van der Waals surface area contributed by atoms with Crippen molar-refractivity contribution in [2.75, 3.05) is 11.4 Å². The van der Waals surface area contributed by atoms with Gasteiger partial charge >= 0.3 is 0 Å². The molecule has 0 atom stereocenters. The molecule has 0 aromatic heterocycles. The Labute approximate surface area is 150 Å². The number of carbonyl (C=O) groups is 2. The number of benzene rings is 1. The number of fused-ring (bicyclic) bond motifs is 1. The SMILES string of the molecule is O=C(NC1CCCCCC1)C1(C(=O)N2CCCc3ccccc32)CC1. The fourth-order valence-corrected chi connectivity index (χ4v) is 4.41. The number of aryl methyl sites for hydroxylation is 1.